The van der Waals surface area contributed by atoms with E-state index in [-0.39, 0.29) is 5.91 Å². The third-order valence-electron chi connectivity index (χ3n) is 5.25. The monoisotopic (exact) mass is 387 g/mol. The van der Waals surface area contributed by atoms with Gasteiger partial charge in [-0.3, -0.25) is 4.79 Å². The molecule has 0 spiro atoms. The summed E-state index contributed by atoms with van der Waals surface area (Å²) >= 11 is 0. The number of aryl methyl sites for hydroxylation is 1. The topological polar surface area (TPSA) is 47.6 Å². The van der Waals surface area contributed by atoms with Gasteiger partial charge in [-0.25, -0.2) is 0 Å². The van der Waals surface area contributed by atoms with Crippen LogP contribution >= 0.6 is 0 Å². The Morgan fingerprint density at radius 3 is 2.62 bits per heavy atom. The zero-order valence-electron chi connectivity index (χ0n) is 16.8. The summed E-state index contributed by atoms with van der Waals surface area (Å²) in [5.74, 6) is 1.73. The van der Waals surface area contributed by atoms with Gasteiger partial charge in [-0.05, 0) is 47.4 Å². The first-order valence-electron chi connectivity index (χ1n) is 9.87. The van der Waals surface area contributed by atoms with Crippen LogP contribution < -0.4 is 14.8 Å². The summed E-state index contributed by atoms with van der Waals surface area (Å²) in [5, 5.41) is 3.00. The Labute approximate surface area is 171 Å². The van der Waals surface area contributed by atoms with Crippen molar-refractivity contribution in [3.63, 3.8) is 0 Å². The first-order chi connectivity index (χ1) is 14.1. The molecule has 1 aliphatic rings. The number of carbonyl (C=O) groups is 1. The molecule has 4 nitrogen and oxygen atoms in total. The van der Waals surface area contributed by atoms with E-state index < -0.39 is 0 Å². The van der Waals surface area contributed by atoms with Crippen LogP contribution in [0.4, 0.5) is 0 Å². The van der Waals surface area contributed by atoms with Crippen LogP contribution in [0.15, 0.2) is 60.7 Å². The Bertz CT molecular complexity index is 1020. The van der Waals surface area contributed by atoms with Gasteiger partial charge in [0, 0.05) is 18.5 Å². The van der Waals surface area contributed by atoms with Crippen LogP contribution in [-0.4, -0.2) is 19.6 Å². The molecule has 0 bridgehead atoms. The molecular weight excluding hydrogens is 362 g/mol. The van der Waals surface area contributed by atoms with Crippen LogP contribution in [0.25, 0.3) is 11.1 Å². The minimum atomic E-state index is -0.0170. The molecule has 1 aliphatic heterocycles. The van der Waals surface area contributed by atoms with E-state index in [0.717, 1.165) is 41.2 Å². The van der Waals surface area contributed by atoms with E-state index >= 15 is 0 Å². The van der Waals surface area contributed by atoms with Gasteiger partial charge in [0.05, 0.1) is 20.1 Å². The van der Waals surface area contributed by atoms with Crippen LogP contribution in [-0.2, 0) is 24.2 Å². The lowest BCUT2D eigenvalue weighted by atomic mass is 10.0. The standard InChI is InChI=1S/C25H25NO3/c1-17-3-9-23(28-2)22(13-17)15-25(27)26-16-18-4-6-19(7-5-18)20-8-10-24-21(14-20)11-12-29-24/h3-10,13-14H,11-12,15-16H2,1-2H3,(H,26,27). The molecule has 0 radical (unpaired) electrons. The number of methoxy groups -OCH3 is 1. The highest BCUT2D eigenvalue weighted by molar-refractivity contribution is 5.79. The lowest BCUT2D eigenvalue weighted by Gasteiger charge is -2.11. The molecule has 3 aromatic carbocycles. The second-order valence-electron chi connectivity index (χ2n) is 7.39. The largest absolute Gasteiger partial charge is 0.496 e. The minimum absolute atomic E-state index is 0.0170. The van der Waals surface area contributed by atoms with Crippen LogP contribution in [0, 0.1) is 6.92 Å². The Kier molecular flexibility index (Phi) is 5.52. The highest BCUT2D eigenvalue weighted by atomic mass is 16.5. The summed E-state index contributed by atoms with van der Waals surface area (Å²) in [7, 11) is 1.63. The smallest absolute Gasteiger partial charge is 0.224 e. The third kappa shape index (κ3) is 4.43. The molecule has 0 atom stereocenters. The SMILES string of the molecule is COc1ccc(C)cc1CC(=O)NCc1ccc(-c2ccc3c(c2)CCO3)cc1. The van der Waals surface area contributed by atoms with Gasteiger partial charge >= 0.3 is 0 Å². The number of nitrogens with one attached hydrogen (secondary N) is 1. The molecule has 0 aromatic heterocycles. The molecule has 0 saturated heterocycles. The molecule has 1 heterocycles. The molecule has 0 aliphatic carbocycles. The molecule has 0 fully saturated rings. The van der Waals surface area contributed by atoms with Gasteiger partial charge in [0.2, 0.25) is 5.91 Å². The molecule has 1 N–H and O–H groups in total. The first-order valence-corrected chi connectivity index (χ1v) is 9.87. The second-order valence-corrected chi connectivity index (χ2v) is 7.39. The van der Waals surface area contributed by atoms with Crippen molar-refractivity contribution in [2.45, 2.75) is 26.3 Å². The predicted molar refractivity (Wildman–Crippen MR) is 114 cm³/mol. The third-order valence-corrected chi connectivity index (χ3v) is 5.25. The Hall–Kier alpha value is -3.27. The number of carbonyl (C=O) groups excluding carboxylic acids is 1. The fourth-order valence-corrected chi connectivity index (χ4v) is 3.66. The fraction of sp³-hybridized carbons (Fsp3) is 0.240. The molecule has 148 valence electrons. The number of ether oxygens (including phenoxy) is 2. The Morgan fingerprint density at radius 1 is 1.03 bits per heavy atom. The maximum Gasteiger partial charge on any atom is 0.224 e. The van der Waals surface area contributed by atoms with Crippen molar-refractivity contribution in [3.05, 3.63) is 82.9 Å². The zero-order valence-corrected chi connectivity index (χ0v) is 16.8. The number of hydrogen-bond donors (Lipinski definition) is 1. The van der Waals surface area contributed by atoms with E-state index in [9.17, 15) is 4.79 Å². The molecule has 4 rings (SSSR count). The summed E-state index contributed by atoms with van der Waals surface area (Å²) in [6.45, 7) is 3.29. The summed E-state index contributed by atoms with van der Waals surface area (Å²) in [6.07, 6.45) is 1.28. The maximum absolute atomic E-state index is 12.4. The van der Waals surface area contributed by atoms with Gasteiger partial charge in [-0.1, -0.05) is 48.0 Å². The first kappa shape index (κ1) is 19.1. The fourth-order valence-electron chi connectivity index (χ4n) is 3.66. The van der Waals surface area contributed by atoms with Crippen molar-refractivity contribution in [3.8, 4) is 22.6 Å². The van der Waals surface area contributed by atoms with Crippen molar-refractivity contribution in [2.24, 2.45) is 0 Å². The lowest BCUT2D eigenvalue weighted by Crippen LogP contribution is -2.24. The predicted octanol–water partition coefficient (Wildman–Crippen LogP) is 4.46. The van der Waals surface area contributed by atoms with Crippen LogP contribution in [0.3, 0.4) is 0 Å². The molecule has 0 unspecified atom stereocenters. The van der Waals surface area contributed by atoms with Gasteiger partial charge in [0.15, 0.2) is 0 Å². The van der Waals surface area contributed by atoms with E-state index in [1.807, 2.05) is 31.2 Å². The van der Waals surface area contributed by atoms with E-state index in [4.69, 9.17) is 9.47 Å². The number of fused-ring (bicyclic) bond motifs is 1. The van der Waals surface area contributed by atoms with Gasteiger partial charge in [-0.2, -0.15) is 0 Å². The molecule has 1 amide bonds. The van der Waals surface area contributed by atoms with E-state index in [1.165, 1.54) is 16.7 Å². The van der Waals surface area contributed by atoms with Crippen molar-refractivity contribution < 1.29 is 14.3 Å². The van der Waals surface area contributed by atoms with Crippen LogP contribution in [0.5, 0.6) is 11.5 Å². The molecule has 0 saturated carbocycles. The van der Waals surface area contributed by atoms with E-state index in [2.05, 4.69) is 41.7 Å². The van der Waals surface area contributed by atoms with Crippen molar-refractivity contribution in [2.75, 3.05) is 13.7 Å². The maximum atomic E-state index is 12.4. The Morgan fingerprint density at radius 2 is 1.83 bits per heavy atom. The highest BCUT2D eigenvalue weighted by Crippen LogP contribution is 2.30. The van der Waals surface area contributed by atoms with Crippen molar-refractivity contribution >= 4 is 5.91 Å². The van der Waals surface area contributed by atoms with E-state index in [0.29, 0.717) is 13.0 Å². The number of rotatable bonds is 6. The van der Waals surface area contributed by atoms with Gasteiger partial charge < -0.3 is 14.8 Å². The number of benzene rings is 3. The van der Waals surface area contributed by atoms with Crippen molar-refractivity contribution in [1.82, 2.24) is 5.32 Å². The van der Waals surface area contributed by atoms with Crippen molar-refractivity contribution in [1.29, 1.82) is 0 Å². The van der Waals surface area contributed by atoms with Gasteiger partial charge in [-0.15, -0.1) is 0 Å². The summed E-state index contributed by atoms with van der Waals surface area (Å²) in [4.78, 5) is 12.4. The summed E-state index contributed by atoms with van der Waals surface area (Å²) in [6, 6.07) is 20.5. The van der Waals surface area contributed by atoms with Crippen LogP contribution in [0.2, 0.25) is 0 Å². The molecule has 3 aromatic rings. The second kappa shape index (κ2) is 8.39. The number of hydrogen-bond acceptors (Lipinski definition) is 3. The average Bonchev–Trinajstić information content (AvgIpc) is 3.21. The Balaban J connectivity index is 1.37. The minimum Gasteiger partial charge on any atom is -0.496 e. The molecule has 29 heavy (non-hydrogen) atoms. The van der Waals surface area contributed by atoms with Crippen LogP contribution in [0.1, 0.15) is 22.3 Å². The molecule has 4 heteroatoms. The summed E-state index contributed by atoms with van der Waals surface area (Å²) < 4.78 is 10.9. The van der Waals surface area contributed by atoms with E-state index in [1.54, 1.807) is 7.11 Å². The average molecular weight is 387 g/mol. The van der Waals surface area contributed by atoms with Gasteiger partial charge in [0.25, 0.3) is 0 Å². The zero-order chi connectivity index (χ0) is 20.2. The lowest BCUT2D eigenvalue weighted by molar-refractivity contribution is -0.120. The normalized spacial score (nSPS) is 12.2. The molecular formula is C25H25NO3. The highest BCUT2D eigenvalue weighted by Gasteiger charge is 2.13. The van der Waals surface area contributed by atoms with Gasteiger partial charge in [0.1, 0.15) is 11.5 Å². The quantitative estimate of drug-likeness (QED) is 0.679. The summed E-state index contributed by atoms with van der Waals surface area (Å²) in [5.41, 5.74) is 6.71. The number of amides is 1.